The van der Waals surface area contributed by atoms with E-state index in [1.165, 1.54) is 13.1 Å². The van der Waals surface area contributed by atoms with E-state index in [-0.39, 0.29) is 13.2 Å². The number of hydrogen-bond acceptors (Lipinski definition) is 6. The molecule has 0 spiro atoms. The molecule has 8 heteroatoms. The average Bonchev–Trinajstić information content (AvgIpc) is 2.70. The summed E-state index contributed by atoms with van der Waals surface area (Å²) in [6.07, 6.45) is -1.67. The highest BCUT2D eigenvalue weighted by atomic mass is 16.5. The van der Waals surface area contributed by atoms with Gasteiger partial charge in [0.25, 0.3) is 5.56 Å². The molecule has 1 aromatic rings. The number of hydrogen-bond donors (Lipinski definition) is 4. The van der Waals surface area contributed by atoms with Crippen LogP contribution in [-0.4, -0.2) is 50.3 Å². The molecule has 4 atom stereocenters. The molecule has 1 unspecified atom stereocenters. The van der Waals surface area contributed by atoms with Crippen molar-refractivity contribution in [3.8, 4) is 0 Å². The second-order valence-corrected chi connectivity index (χ2v) is 4.56. The first-order valence-corrected chi connectivity index (χ1v) is 5.87. The van der Waals surface area contributed by atoms with Gasteiger partial charge >= 0.3 is 5.69 Å². The van der Waals surface area contributed by atoms with Gasteiger partial charge in [-0.05, 0) is 6.92 Å². The van der Waals surface area contributed by atoms with Crippen molar-refractivity contribution in [1.82, 2.24) is 9.55 Å². The van der Waals surface area contributed by atoms with E-state index in [4.69, 9.17) is 9.84 Å². The molecule has 1 fully saturated rings. The van der Waals surface area contributed by atoms with E-state index in [1.54, 1.807) is 0 Å². The summed E-state index contributed by atoms with van der Waals surface area (Å²) < 4.78 is 6.42. The summed E-state index contributed by atoms with van der Waals surface area (Å²) in [6, 6.07) is 0. The van der Waals surface area contributed by atoms with Gasteiger partial charge in [-0.25, -0.2) is 4.79 Å². The summed E-state index contributed by atoms with van der Waals surface area (Å²) in [6.45, 7) is 0.763. The van der Waals surface area contributed by atoms with Gasteiger partial charge in [-0.3, -0.25) is 14.3 Å². The number of aliphatic hydroxyl groups is 3. The normalized spacial score (nSPS) is 30.7. The summed E-state index contributed by atoms with van der Waals surface area (Å²) in [5.74, 6) is -0.686. The Hall–Kier alpha value is -1.48. The number of ether oxygens (including phenoxy) is 1. The van der Waals surface area contributed by atoms with Gasteiger partial charge in [0.05, 0.1) is 19.3 Å². The second kappa shape index (κ2) is 5.25. The average molecular weight is 272 g/mol. The maximum atomic E-state index is 11.7. The molecule has 1 saturated heterocycles. The van der Waals surface area contributed by atoms with E-state index in [1.807, 2.05) is 0 Å². The van der Waals surface area contributed by atoms with Crippen molar-refractivity contribution in [3.63, 3.8) is 0 Å². The number of aryl methyl sites for hydroxylation is 1. The van der Waals surface area contributed by atoms with Crippen LogP contribution in [0.15, 0.2) is 15.8 Å². The summed E-state index contributed by atoms with van der Waals surface area (Å²) in [5.41, 5.74) is -0.926. The van der Waals surface area contributed by atoms with Crippen LogP contribution < -0.4 is 11.2 Å². The Morgan fingerprint density at radius 1 is 1.37 bits per heavy atom. The number of H-pyrrole nitrogens is 1. The third-order valence-corrected chi connectivity index (χ3v) is 3.33. The lowest BCUT2D eigenvalue weighted by molar-refractivity contribution is -0.0539. The van der Waals surface area contributed by atoms with Crippen molar-refractivity contribution in [1.29, 1.82) is 0 Å². The standard InChI is InChI=1S/C11H16N2O6/c1-5-2-13(11(18)12-9(5)17)10-8(16)6(3-14)7(4-15)19-10/h2,6-8,10,14-16H,3-4H2,1H3,(H,12,17,18)/t6?,7-,8-,10-/m1/s1. The van der Waals surface area contributed by atoms with Gasteiger partial charge in [0.1, 0.15) is 6.10 Å². The van der Waals surface area contributed by atoms with E-state index in [9.17, 15) is 19.8 Å². The quantitative estimate of drug-likeness (QED) is 0.490. The highest BCUT2D eigenvalue weighted by molar-refractivity contribution is 5.03. The molecule has 0 bridgehead atoms. The van der Waals surface area contributed by atoms with Crippen LogP contribution in [0.25, 0.3) is 0 Å². The number of aromatic amines is 1. The minimum Gasteiger partial charge on any atom is -0.396 e. The molecular formula is C11H16N2O6. The van der Waals surface area contributed by atoms with Crippen LogP contribution in [0.3, 0.4) is 0 Å². The molecule has 0 saturated carbocycles. The predicted octanol–water partition coefficient (Wildman–Crippen LogP) is -2.30. The molecule has 4 N–H and O–H groups in total. The zero-order valence-corrected chi connectivity index (χ0v) is 10.3. The van der Waals surface area contributed by atoms with Crippen molar-refractivity contribution in [2.24, 2.45) is 5.92 Å². The van der Waals surface area contributed by atoms with Crippen LogP contribution in [0, 0.1) is 12.8 Å². The fourth-order valence-electron chi connectivity index (χ4n) is 2.20. The fourth-order valence-corrected chi connectivity index (χ4v) is 2.20. The predicted molar refractivity (Wildman–Crippen MR) is 63.6 cm³/mol. The molecular weight excluding hydrogens is 256 g/mol. The maximum absolute atomic E-state index is 11.7. The first-order chi connectivity index (χ1) is 8.99. The minimum atomic E-state index is -1.15. The van der Waals surface area contributed by atoms with Crippen LogP contribution in [0.1, 0.15) is 11.8 Å². The molecule has 106 valence electrons. The van der Waals surface area contributed by atoms with E-state index in [0.717, 1.165) is 4.57 Å². The Morgan fingerprint density at radius 2 is 2.05 bits per heavy atom. The number of nitrogens with one attached hydrogen (secondary N) is 1. The van der Waals surface area contributed by atoms with Crippen LogP contribution in [0.4, 0.5) is 0 Å². The summed E-state index contributed by atoms with van der Waals surface area (Å²) in [5, 5.41) is 28.3. The molecule has 0 aromatic carbocycles. The molecule has 8 nitrogen and oxygen atoms in total. The molecule has 2 heterocycles. The van der Waals surface area contributed by atoms with Gasteiger partial charge in [0.15, 0.2) is 6.23 Å². The smallest absolute Gasteiger partial charge is 0.330 e. The third kappa shape index (κ3) is 2.35. The van der Waals surface area contributed by atoms with Gasteiger partial charge in [-0.1, -0.05) is 0 Å². The Kier molecular flexibility index (Phi) is 3.85. The van der Waals surface area contributed by atoms with E-state index in [0.29, 0.717) is 5.56 Å². The lowest BCUT2D eigenvalue weighted by atomic mass is 9.99. The molecule has 1 aliphatic heterocycles. The topological polar surface area (TPSA) is 125 Å². The van der Waals surface area contributed by atoms with Crippen molar-refractivity contribution < 1.29 is 20.1 Å². The van der Waals surface area contributed by atoms with E-state index in [2.05, 4.69) is 4.98 Å². The van der Waals surface area contributed by atoms with Crippen molar-refractivity contribution in [3.05, 3.63) is 32.6 Å². The molecule has 19 heavy (non-hydrogen) atoms. The monoisotopic (exact) mass is 272 g/mol. The molecule has 0 amide bonds. The van der Waals surface area contributed by atoms with Crippen molar-refractivity contribution in [2.75, 3.05) is 13.2 Å². The first kappa shape index (κ1) is 13.9. The Morgan fingerprint density at radius 3 is 2.58 bits per heavy atom. The lowest BCUT2D eigenvalue weighted by Crippen LogP contribution is -2.37. The van der Waals surface area contributed by atoms with Crippen molar-refractivity contribution >= 4 is 0 Å². The number of nitrogens with zero attached hydrogens (tertiary/aromatic N) is 1. The lowest BCUT2D eigenvalue weighted by Gasteiger charge is -2.18. The SMILES string of the molecule is Cc1cn([C@@H]2O[C@H](CO)C(CO)[C@H]2O)c(=O)[nH]c1=O. The minimum absolute atomic E-state index is 0.295. The molecule has 2 rings (SSSR count). The van der Waals surface area contributed by atoms with Crippen molar-refractivity contribution in [2.45, 2.75) is 25.4 Å². The van der Waals surface area contributed by atoms with Crippen LogP contribution in [0.2, 0.25) is 0 Å². The number of aliphatic hydroxyl groups excluding tert-OH is 3. The zero-order valence-electron chi connectivity index (χ0n) is 10.3. The highest BCUT2D eigenvalue weighted by Gasteiger charge is 2.44. The first-order valence-electron chi connectivity index (χ1n) is 5.87. The molecule has 1 aromatic heterocycles. The number of rotatable bonds is 3. The number of aromatic nitrogens is 2. The van der Waals surface area contributed by atoms with Gasteiger partial charge in [-0.15, -0.1) is 0 Å². The fraction of sp³-hybridized carbons (Fsp3) is 0.636. The van der Waals surface area contributed by atoms with E-state index < -0.39 is 35.6 Å². The van der Waals surface area contributed by atoms with Gasteiger partial charge in [0, 0.05) is 17.7 Å². The maximum Gasteiger partial charge on any atom is 0.330 e. The van der Waals surface area contributed by atoms with Gasteiger partial charge in [0.2, 0.25) is 0 Å². The summed E-state index contributed by atoms with van der Waals surface area (Å²) in [4.78, 5) is 25.1. The second-order valence-electron chi connectivity index (χ2n) is 4.56. The van der Waals surface area contributed by atoms with Crippen LogP contribution >= 0.6 is 0 Å². The van der Waals surface area contributed by atoms with Gasteiger partial charge < -0.3 is 20.1 Å². The molecule has 0 radical (unpaired) electrons. The summed E-state index contributed by atoms with van der Waals surface area (Å²) >= 11 is 0. The molecule has 1 aliphatic rings. The Bertz CT molecular complexity index is 565. The third-order valence-electron chi connectivity index (χ3n) is 3.33. The molecule has 0 aliphatic carbocycles. The largest absolute Gasteiger partial charge is 0.396 e. The Labute approximate surface area is 107 Å². The van der Waals surface area contributed by atoms with Gasteiger partial charge in [-0.2, -0.15) is 0 Å². The summed E-state index contributed by atoms with van der Waals surface area (Å²) in [7, 11) is 0. The zero-order chi connectivity index (χ0) is 14.2. The highest BCUT2D eigenvalue weighted by Crippen LogP contribution is 2.32. The van der Waals surface area contributed by atoms with Crippen LogP contribution in [0.5, 0.6) is 0 Å². The Balaban J connectivity index is 2.41. The van der Waals surface area contributed by atoms with Crippen LogP contribution in [-0.2, 0) is 4.74 Å². The van der Waals surface area contributed by atoms with E-state index >= 15 is 0 Å².